The highest BCUT2D eigenvalue weighted by atomic mass is 19.1. The van der Waals surface area contributed by atoms with Crippen LogP contribution in [0.25, 0.3) is 10.9 Å². The number of rotatable bonds is 5. The zero-order chi connectivity index (χ0) is 22.1. The number of hydrogen-bond donors (Lipinski definition) is 1. The van der Waals surface area contributed by atoms with Crippen LogP contribution in [0.5, 0.6) is 0 Å². The third kappa shape index (κ3) is 4.44. The van der Waals surface area contributed by atoms with Crippen LogP contribution >= 0.6 is 0 Å². The van der Waals surface area contributed by atoms with Crippen molar-refractivity contribution in [3.63, 3.8) is 0 Å². The second-order valence-electron chi connectivity index (χ2n) is 9.02. The lowest BCUT2D eigenvalue weighted by atomic mass is 9.75. The molecule has 3 atom stereocenters. The number of fused-ring (bicyclic) bond motifs is 1. The van der Waals surface area contributed by atoms with E-state index in [1.807, 2.05) is 25.1 Å². The fourth-order valence-corrected chi connectivity index (χ4v) is 4.81. The molecular formula is C25H29FN4O. The molecule has 4 rings (SSSR count). The van der Waals surface area contributed by atoms with Crippen molar-refractivity contribution < 1.29 is 9.18 Å². The molecule has 1 saturated carbocycles. The molecule has 1 aliphatic carbocycles. The Kier molecular flexibility index (Phi) is 6.01. The molecule has 0 saturated heterocycles. The lowest BCUT2D eigenvalue weighted by Crippen LogP contribution is -2.31. The van der Waals surface area contributed by atoms with Gasteiger partial charge in [0.25, 0.3) is 0 Å². The Morgan fingerprint density at radius 3 is 2.74 bits per heavy atom. The normalized spacial score (nSPS) is 21.3. The van der Waals surface area contributed by atoms with E-state index in [0.717, 1.165) is 36.1 Å². The summed E-state index contributed by atoms with van der Waals surface area (Å²) in [6.07, 6.45) is 8.46. The van der Waals surface area contributed by atoms with Gasteiger partial charge >= 0.3 is 0 Å². The SMILES string of the molecule is C[C@@H]1C[C@H](N)C[C@H](c2ccncc2CC(=O)c2ccc(F)c3cc(N(C)C)cnc23)C1. The summed E-state index contributed by atoms with van der Waals surface area (Å²) in [5.41, 5.74) is 9.96. The van der Waals surface area contributed by atoms with Gasteiger partial charge in [-0.1, -0.05) is 6.92 Å². The van der Waals surface area contributed by atoms with Gasteiger partial charge < -0.3 is 10.6 Å². The molecule has 31 heavy (non-hydrogen) atoms. The topological polar surface area (TPSA) is 72.1 Å². The Labute approximate surface area is 182 Å². The summed E-state index contributed by atoms with van der Waals surface area (Å²) in [4.78, 5) is 23.8. The Balaban J connectivity index is 1.67. The molecule has 5 nitrogen and oxygen atoms in total. The van der Waals surface area contributed by atoms with Gasteiger partial charge in [0.15, 0.2) is 5.78 Å². The van der Waals surface area contributed by atoms with E-state index in [2.05, 4.69) is 16.9 Å². The van der Waals surface area contributed by atoms with Crippen LogP contribution in [0.1, 0.15) is 53.6 Å². The predicted octanol–water partition coefficient (Wildman–Crippen LogP) is 4.49. The molecule has 162 valence electrons. The number of carbonyl (C=O) groups is 1. The first-order valence-corrected chi connectivity index (χ1v) is 10.8. The van der Waals surface area contributed by atoms with Gasteiger partial charge in [-0.2, -0.15) is 0 Å². The molecule has 2 N–H and O–H groups in total. The van der Waals surface area contributed by atoms with Crippen molar-refractivity contribution >= 4 is 22.4 Å². The first-order valence-electron chi connectivity index (χ1n) is 10.8. The lowest BCUT2D eigenvalue weighted by Gasteiger charge is -2.32. The summed E-state index contributed by atoms with van der Waals surface area (Å²) in [5, 5.41) is 0.357. The summed E-state index contributed by atoms with van der Waals surface area (Å²) < 4.78 is 14.5. The number of benzene rings is 1. The highest BCUT2D eigenvalue weighted by molar-refractivity contribution is 6.08. The highest BCUT2D eigenvalue weighted by Gasteiger charge is 2.27. The van der Waals surface area contributed by atoms with Crippen molar-refractivity contribution in [3.8, 4) is 0 Å². The van der Waals surface area contributed by atoms with Crippen LogP contribution in [0.15, 0.2) is 42.9 Å². The average molecular weight is 421 g/mol. The molecule has 0 amide bonds. The fraction of sp³-hybridized carbons (Fsp3) is 0.400. The number of nitrogens with zero attached hydrogens (tertiary/aromatic N) is 3. The van der Waals surface area contributed by atoms with E-state index in [-0.39, 0.29) is 24.1 Å². The first-order chi connectivity index (χ1) is 14.8. The Hall–Kier alpha value is -2.86. The third-order valence-electron chi connectivity index (χ3n) is 6.31. The maximum atomic E-state index is 14.5. The van der Waals surface area contributed by atoms with Gasteiger partial charge in [-0.25, -0.2) is 4.39 Å². The van der Waals surface area contributed by atoms with Gasteiger partial charge in [0.1, 0.15) is 5.82 Å². The summed E-state index contributed by atoms with van der Waals surface area (Å²) in [7, 11) is 3.75. The minimum atomic E-state index is -0.380. The first kappa shape index (κ1) is 21.4. The summed E-state index contributed by atoms with van der Waals surface area (Å²) in [6, 6.07) is 6.82. The number of Topliss-reactive ketones (excluding diaryl/α,β-unsaturated/α-hetero) is 1. The maximum Gasteiger partial charge on any atom is 0.169 e. The van der Waals surface area contributed by atoms with E-state index < -0.39 is 0 Å². The van der Waals surface area contributed by atoms with Crippen LogP contribution in [0.2, 0.25) is 0 Å². The molecule has 0 bridgehead atoms. The Bertz CT molecular complexity index is 1100. The number of aromatic nitrogens is 2. The van der Waals surface area contributed by atoms with Gasteiger partial charge in [0.05, 0.1) is 17.4 Å². The average Bonchev–Trinajstić information content (AvgIpc) is 2.73. The molecule has 1 aliphatic rings. The summed E-state index contributed by atoms with van der Waals surface area (Å²) >= 11 is 0. The Morgan fingerprint density at radius 1 is 1.19 bits per heavy atom. The van der Waals surface area contributed by atoms with E-state index in [4.69, 9.17) is 5.73 Å². The molecule has 6 heteroatoms. The molecular weight excluding hydrogens is 391 g/mol. The quantitative estimate of drug-likeness (QED) is 0.616. The predicted molar refractivity (Wildman–Crippen MR) is 122 cm³/mol. The second-order valence-corrected chi connectivity index (χ2v) is 9.02. The molecule has 1 fully saturated rings. The zero-order valence-electron chi connectivity index (χ0n) is 18.3. The van der Waals surface area contributed by atoms with Gasteiger partial charge in [-0.15, -0.1) is 0 Å². The lowest BCUT2D eigenvalue weighted by molar-refractivity contribution is 0.0994. The van der Waals surface area contributed by atoms with Gasteiger partial charge in [0, 0.05) is 49.9 Å². The van der Waals surface area contributed by atoms with E-state index in [0.29, 0.717) is 28.3 Å². The standard InChI is InChI=1S/C25H29FN4O/c1-15-8-16(10-18(27)9-15)20-6-7-28-13-17(20)11-24(31)21-4-5-23(26)22-12-19(30(2)3)14-29-25(21)22/h4-7,12-16,18H,8-11,27H2,1-3H3/t15-,16+,18-/m0/s1. The molecule has 3 aromatic rings. The van der Waals surface area contributed by atoms with Crippen molar-refractivity contribution in [3.05, 3.63) is 65.4 Å². The highest BCUT2D eigenvalue weighted by Crippen LogP contribution is 2.37. The molecule has 0 radical (unpaired) electrons. The van der Waals surface area contributed by atoms with Gasteiger partial charge in [-0.05, 0) is 66.5 Å². The fourth-order valence-electron chi connectivity index (χ4n) is 4.81. The number of hydrogen-bond acceptors (Lipinski definition) is 5. The monoisotopic (exact) mass is 420 g/mol. The van der Waals surface area contributed by atoms with Crippen LogP contribution < -0.4 is 10.6 Å². The minimum Gasteiger partial charge on any atom is -0.376 e. The van der Waals surface area contributed by atoms with E-state index in [1.165, 1.54) is 12.1 Å². The smallest absolute Gasteiger partial charge is 0.169 e. The number of nitrogens with two attached hydrogens (primary N) is 1. The van der Waals surface area contributed by atoms with Crippen molar-refractivity contribution in [2.75, 3.05) is 19.0 Å². The molecule has 0 unspecified atom stereocenters. The summed E-state index contributed by atoms with van der Waals surface area (Å²) in [5.74, 6) is 0.421. The van der Waals surface area contributed by atoms with E-state index in [9.17, 15) is 9.18 Å². The second kappa shape index (κ2) is 8.71. The van der Waals surface area contributed by atoms with Crippen molar-refractivity contribution in [1.29, 1.82) is 0 Å². The number of anilines is 1. The van der Waals surface area contributed by atoms with Crippen molar-refractivity contribution in [2.24, 2.45) is 11.7 Å². The number of carbonyl (C=O) groups excluding carboxylic acids is 1. The zero-order valence-corrected chi connectivity index (χ0v) is 18.3. The number of pyridine rings is 2. The minimum absolute atomic E-state index is 0.0856. The molecule has 2 heterocycles. The molecule has 2 aromatic heterocycles. The van der Waals surface area contributed by atoms with Gasteiger partial charge in [-0.3, -0.25) is 14.8 Å². The molecule has 0 spiro atoms. The third-order valence-corrected chi connectivity index (χ3v) is 6.31. The number of halogens is 1. The van der Waals surface area contributed by atoms with Crippen LogP contribution in [-0.2, 0) is 6.42 Å². The van der Waals surface area contributed by atoms with Crippen LogP contribution in [0.3, 0.4) is 0 Å². The number of ketones is 1. The summed E-state index contributed by atoms with van der Waals surface area (Å²) in [6.45, 7) is 2.23. The maximum absolute atomic E-state index is 14.5. The van der Waals surface area contributed by atoms with Crippen LogP contribution in [0, 0.1) is 11.7 Å². The van der Waals surface area contributed by atoms with Crippen LogP contribution in [0.4, 0.5) is 10.1 Å². The largest absolute Gasteiger partial charge is 0.376 e. The molecule has 0 aliphatic heterocycles. The van der Waals surface area contributed by atoms with E-state index in [1.54, 1.807) is 24.7 Å². The van der Waals surface area contributed by atoms with Crippen LogP contribution in [-0.4, -0.2) is 35.9 Å². The Morgan fingerprint density at radius 2 is 2.00 bits per heavy atom. The van der Waals surface area contributed by atoms with Crippen molar-refractivity contribution in [2.45, 2.75) is 44.6 Å². The van der Waals surface area contributed by atoms with Gasteiger partial charge in [0.2, 0.25) is 0 Å². The molecule has 1 aromatic carbocycles. The van der Waals surface area contributed by atoms with Crippen molar-refractivity contribution in [1.82, 2.24) is 9.97 Å². The van der Waals surface area contributed by atoms with E-state index >= 15 is 0 Å².